The first-order valence-corrected chi connectivity index (χ1v) is 9.15. The number of benzene rings is 1. The maximum absolute atomic E-state index is 13.0. The molecule has 0 fully saturated rings. The second-order valence-corrected chi connectivity index (χ2v) is 7.02. The van der Waals surface area contributed by atoms with Gasteiger partial charge in [0.05, 0.1) is 11.9 Å². The summed E-state index contributed by atoms with van der Waals surface area (Å²) in [6.07, 6.45) is 2.22. The summed E-state index contributed by atoms with van der Waals surface area (Å²) >= 11 is 1.77. The fourth-order valence-corrected chi connectivity index (χ4v) is 4.35. The van der Waals surface area contributed by atoms with E-state index in [2.05, 4.69) is 10.3 Å². The van der Waals surface area contributed by atoms with Gasteiger partial charge < -0.3 is 9.94 Å². The van der Waals surface area contributed by atoms with E-state index in [0.717, 1.165) is 39.5 Å². The first kappa shape index (κ1) is 17.5. The van der Waals surface area contributed by atoms with Crippen molar-refractivity contribution in [3.05, 3.63) is 40.1 Å². The summed E-state index contributed by atoms with van der Waals surface area (Å²) in [7, 11) is 1.53. The van der Waals surface area contributed by atoms with Crippen LogP contribution in [0.1, 0.15) is 46.0 Å². The number of carbonyl (C=O) groups is 1. The first-order valence-electron chi connectivity index (χ1n) is 8.16. The monoisotopic (exact) mass is 359 g/mol. The van der Waals surface area contributed by atoms with Crippen LogP contribution in [0.15, 0.2) is 22.3 Å². The van der Waals surface area contributed by atoms with Gasteiger partial charge in [-0.25, -0.2) is 4.68 Å². The Bertz CT molecular complexity index is 871. The van der Waals surface area contributed by atoms with Crippen molar-refractivity contribution >= 4 is 23.3 Å². The number of thioether (sulfide) groups is 1. The largest absolute Gasteiger partial charge is 0.493 e. The molecule has 2 aromatic rings. The lowest BCUT2D eigenvalue weighted by molar-refractivity contribution is 0.103. The van der Waals surface area contributed by atoms with Crippen molar-refractivity contribution in [1.29, 1.82) is 0 Å². The maximum atomic E-state index is 13.0. The lowest BCUT2D eigenvalue weighted by Gasteiger charge is -2.23. The molecule has 0 saturated carbocycles. The number of carbonyl (C=O) groups excluding carboxylic acids is 1. The smallest absolute Gasteiger partial charge is 0.220 e. The maximum Gasteiger partial charge on any atom is 0.220 e. The third-order valence-corrected chi connectivity index (χ3v) is 5.62. The minimum Gasteiger partial charge on any atom is -0.493 e. The van der Waals surface area contributed by atoms with Crippen LogP contribution in [0.25, 0.3) is 0 Å². The minimum atomic E-state index is -0.229. The van der Waals surface area contributed by atoms with E-state index in [4.69, 9.17) is 4.84 Å². The third kappa shape index (κ3) is 2.93. The zero-order chi connectivity index (χ0) is 18.1. The van der Waals surface area contributed by atoms with Gasteiger partial charge in [-0.1, -0.05) is 5.16 Å². The molecule has 1 aliphatic rings. The van der Waals surface area contributed by atoms with E-state index in [1.54, 1.807) is 11.8 Å². The van der Waals surface area contributed by atoms with E-state index in [1.165, 1.54) is 18.0 Å². The summed E-state index contributed by atoms with van der Waals surface area (Å²) in [4.78, 5) is 19.2. The van der Waals surface area contributed by atoms with Crippen LogP contribution in [0.2, 0.25) is 0 Å². The number of oxime groups is 1. The average Bonchev–Trinajstić information content (AvgIpc) is 2.98. The van der Waals surface area contributed by atoms with Crippen LogP contribution in [0.4, 0.5) is 0 Å². The van der Waals surface area contributed by atoms with Crippen LogP contribution in [-0.2, 0) is 11.4 Å². The standard InChI is InChI=1S/C18H21N3O3S/c1-5-21-18(23)13(9-19-21)16(22)12-8-10(2)17-15(11(12)3)14(20-24-4)6-7-25-17/h8-9,23H,5-7H2,1-4H3. The van der Waals surface area contributed by atoms with Gasteiger partial charge >= 0.3 is 0 Å². The van der Waals surface area contributed by atoms with Crippen molar-refractivity contribution in [2.75, 3.05) is 12.9 Å². The molecule has 1 N–H and O–H groups in total. The number of ketones is 1. The number of hydrogen-bond acceptors (Lipinski definition) is 6. The number of fused-ring (bicyclic) bond motifs is 1. The van der Waals surface area contributed by atoms with Gasteiger partial charge in [-0.2, -0.15) is 5.10 Å². The highest BCUT2D eigenvalue weighted by atomic mass is 32.2. The second kappa shape index (κ2) is 6.92. The molecular weight excluding hydrogens is 338 g/mol. The van der Waals surface area contributed by atoms with Gasteiger partial charge in [-0.3, -0.25) is 4.79 Å². The van der Waals surface area contributed by atoms with E-state index >= 15 is 0 Å². The summed E-state index contributed by atoms with van der Waals surface area (Å²) < 4.78 is 1.40. The molecule has 0 aliphatic carbocycles. The Morgan fingerprint density at radius 3 is 2.84 bits per heavy atom. The number of aryl methyl sites for hydroxylation is 2. The van der Waals surface area contributed by atoms with Crippen LogP contribution in [0.5, 0.6) is 5.88 Å². The SMILES string of the molecule is CCn1ncc(C(=O)c2cc(C)c3c(c2C)C(=NOC)CCS3)c1O. The topological polar surface area (TPSA) is 76.7 Å². The van der Waals surface area contributed by atoms with Crippen LogP contribution in [0.3, 0.4) is 0 Å². The van der Waals surface area contributed by atoms with Gasteiger partial charge in [0, 0.05) is 34.7 Å². The van der Waals surface area contributed by atoms with Gasteiger partial charge in [-0.05, 0) is 38.0 Å². The van der Waals surface area contributed by atoms with Crippen molar-refractivity contribution < 1.29 is 14.7 Å². The Hall–Kier alpha value is -2.28. The van der Waals surface area contributed by atoms with Gasteiger partial charge in [0.25, 0.3) is 0 Å². The highest BCUT2D eigenvalue weighted by Gasteiger charge is 2.27. The molecule has 0 radical (unpaired) electrons. The molecule has 0 saturated heterocycles. The van der Waals surface area contributed by atoms with E-state index in [1.807, 2.05) is 26.8 Å². The molecule has 6 nitrogen and oxygen atoms in total. The number of aromatic nitrogens is 2. The van der Waals surface area contributed by atoms with E-state index in [0.29, 0.717) is 12.1 Å². The number of aromatic hydroxyl groups is 1. The summed E-state index contributed by atoms with van der Waals surface area (Å²) in [5.41, 5.74) is 4.51. The first-order chi connectivity index (χ1) is 12.0. The van der Waals surface area contributed by atoms with Crippen molar-refractivity contribution in [2.45, 2.75) is 38.6 Å². The lowest BCUT2D eigenvalue weighted by atomic mass is 9.91. The zero-order valence-electron chi connectivity index (χ0n) is 14.8. The van der Waals surface area contributed by atoms with Crippen molar-refractivity contribution in [2.24, 2.45) is 5.16 Å². The van der Waals surface area contributed by atoms with E-state index in [-0.39, 0.29) is 17.2 Å². The van der Waals surface area contributed by atoms with Gasteiger partial charge in [0.2, 0.25) is 5.88 Å². The van der Waals surface area contributed by atoms with Crippen LogP contribution < -0.4 is 0 Å². The minimum absolute atomic E-state index is 0.0950. The summed E-state index contributed by atoms with van der Waals surface area (Å²) in [6, 6.07) is 1.89. The molecule has 2 heterocycles. The van der Waals surface area contributed by atoms with Crippen molar-refractivity contribution in [1.82, 2.24) is 9.78 Å². The Morgan fingerprint density at radius 2 is 2.20 bits per heavy atom. The normalized spacial score (nSPS) is 15.3. The molecule has 1 aliphatic heterocycles. The van der Waals surface area contributed by atoms with Crippen LogP contribution >= 0.6 is 11.8 Å². The van der Waals surface area contributed by atoms with Gasteiger partial charge in [0.1, 0.15) is 12.7 Å². The molecule has 0 spiro atoms. The van der Waals surface area contributed by atoms with E-state index in [9.17, 15) is 9.90 Å². The molecule has 1 aromatic carbocycles. The fraction of sp³-hybridized carbons (Fsp3) is 0.389. The molecule has 132 valence electrons. The molecule has 0 atom stereocenters. The predicted molar refractivity (Wildman–Crippen MR) is 97.8 cm³/mol. The lowest BCUT2D eigenvalue weighted by Crippen LogP contribution is -2.16. The average molecular weight is 359 g/mol. The summed E-state index contributed by atoms with van der Waals surface area (Å²) in [6.45, 7) is 6.28. The molecule has 25 heavy (non-hydrogen) atoms. The Labute approximate surface area is 150 Å². The van der Waals surface area contributed by atoms with Gasteiger partial charge in [0.15, 0.2) is 5.78 Å². The number of hydrogen-bond donors (Lipinski definition) is 1. The second-order valence-electron chi connectivity index (χ2n) is 5.92. The molecule has 1 aromatic heterocycles. The van der Waals surface area contributed by atoms with E-state index < -0.39 is 0 Å². The summed E-state index contributed by atoms with van der Waals surface area (Å²) in [5, 5.41) is 18.5. The molecule has 0 bridgehead atoms. The van der Waals surface area contributed by atoms with Gasteiger partial charge in [-0.15, -0.1) is 11.8 Å². The summed E-state index contributed by atoms with van der Waals surface area (Å²) in [5.74, 6) is 0.614. The molecule has 0 unspecified atom stereocenters. The Balaban J connectivity index is 2.16. The van der Waals surface area contributed by atoms with Crippen LogP contribution in [0, 0.1) is 13.8 Å². The Morgan fingerprint density at radius 1 is 1.44 bits per heavy atom. The van der Waals surface area contributed by atoms with Crippen LogP contribution in [-0.4, -0.2) is 39.2 Å². The van der Waals surface area contributed by atoms with Crippen molar-refractivity contribution in [3.8, 4) is 5.88 Å². The quantitative estimate of drug-likeness (QED) is 0.669. The zero-order valence-corrected chi connectivity index (χ0v) is 15.6. The third-order valence-electron chi connectivity index (χ3n) is 4.40. The molecular formula is C18H21N3O3S. The number of nitrogens with zero attached hydrogens (tertiary/aromatic N) is 3. The number of rotatable bonds is 4. The highest BCUT2D eigenvalue weighted by molar-refractivity contribution is 7.99. The molecule has 7 heteroatoms. The fourth-order valence-electron chi connectivity index (χ4n) is 3.15. The Kier molecular flexibility index (Phi) is 4.85. The highest BCUT2D eigenvalue weighted by Crippen LogP contribution is 2.37. The molecule has 0 amide bonds. The molecule has 3 rings (SSSR count). The van der Waals surface area contributed by atoms with Crippen molar-refractivity contribution in [3.63, 3.8) is 0 Å². The predicted octanol–water partition coefficient (Wildman–Crippen LogP) is 3.30.